The third kappa shape index (κ3) is 2.15. The minimum atomic E-state index is -0.314. The highest BCUT2D eigenvalue weighted by atomic mass is 79.9. The van der Waals surface area contributed by atoms with Gasteiger partial charge in [0.15, 0.2) is 5.78 Å². The third-order valence-corrected chi connectivity index (χ3v) is 3.45. The van der Waals surface area contributed by atoms with Crippen LogP contribution in [0.4, 0.5) is 0 Å². The minimum absolute atomic E-state index is 0.129. The predicted octanol–water partition coefficient (Wildman–Crippen LogP) is 1.62. The number of hydrogen-bond donors (Lipinski definition) is 0. The maximum Gasteiger partial charge on any atom is 0.270 e. The Balaban J connectivity index is 2.15. The summed E-state index contributed by atoms with van der Waals surface area (Å²) in [6.45, 7) is 0. The van der Waals surface area contributed by atoms with Crippen LogP contribution in [0.2, 0.25) is 0 Å². The van der Waals surface area contributed by atoms with E-state index in [-0.39, 0.29) is 11.7 Å². The molecule has 0 fully saturated rings. The van der Waals surface area contributed by atoms with Crippen molar-refractivity contribution in [3.05, 3.63) is 68.6 Å². The van der Waals surface area contributed by atoms with Crippen molar-refractivity contribution < 1.29 is 9.59 Å². The Morgan fingerprint density at radius 3 is 2.53 bits per heavy atom. The molecule has 0 spiro atoms. The molecule has 3 nitrogen and oxygen atoms in total. The molecule has 1 aliphatic heterocycles. The van der Waals surface area contributed by atoms with Crippen LogP contribution in [0, 0.1) is 0 Å². The van der Waals surface area contributed by atoms with Crippen molar-refractivity contribution in [2.24, 2.45) is 4.99 Å². The zero-order valence-electron chi connectivity index (χ0n) is 9.76. The summed E-state index contributed by atoms with van der Waals surface area (Å²) in [4.78, 5) is 27.6. The fourth-order valence-electron chi connectivity index (χ4n) is 2.02. The van der Waals surface area contributed by atoms with Gasteiger partial charge in [0.25, 0.3) is 5.91 Å². The molecule has 1 amide bonds. The molecule has 0 atom stereocenters. The summed E-state index contributed by atoms with van der Waals surface area (Å²) in [5.74, 6) is -0.442. The average molecular weight is 314 g/mol. The van der Waals surface area contributed by atoms with Crippen LogP contribution in [-0.4, -0.2) is 11.7 Å². The van der Waals surface area contributed by atoms with Gasteiger partial charge >= 0.3 is 0 Å². The number of ketones is 1. The molecule has 2 aromatic rings. The Hall–Kier alpha value is -2.07. The first-order valence-electron chi connectivity index (χ1n) is 5.69. The molecule has 19 heavy (non-hydrogen) atoms. The number of carbonyl (C=O) groups excluding carboxylic acids is 2. The molecule has 1 aliphatic rings. The molecule has 0 aromatic heterocycles. The van der Waals surface area contributed by atoms with Crippen molar-refractivity contribution in [2.75, 3.05) is 0 Å². The predicted molar refractivity (Wildman–Crippen MR) is 74.3 cm³/mol. The van der Waals surface area contributed by atoms with Crippen molar-refractivity contribution in [2.45, 2.75) is 0 Å². The molecule has 0 bridgehead atoms. The molecular weight excluding hydrogens is 306 g/mol. The third-order valence-electron chi connectivity index (χ3n) is 2.92. The summed E-state index contributed by atoms with van der Waals surface area (Å²) in [7, 11) is 0. The van der Waals surface area contributed by atoms with Crippen LogP contribution in [0.25, 0.3) is 6.08 Å². The SMILES string of the molecule is O=C1C=c2cccc(C(=O)c3ccc(Br)cc3)c2=N1. The van der Waals surface area contributed by atoms with Gasteiger partial charge in [0.1, 0.15) is 0 Å². The molecule has 0 saturated carbocycles. The van der Waals surface area contributed by atoms with Crippen LogP contribution in [0.3, 0.4) is 0 Å². The highest BCUT2D eigenvalue weighted by molar-refractivity contribution is 9.10. The van der Waals surface area contributed by atoms with Gasteiger partial charge in [-0.3, -0.25) is 9.59 Å². The normalized spacial score (nSPS) is 12.6. The highest BCUT2D eigenvalue weighted by Crippen LogP contribution is 2.12. The first-order chi connectivity index (χ1) is 9.15. The number of benzene rings is 2. The van der Waals surface area contributed by atoms with Crippen LogP contribution in [0.15, 0.2) is 51.9 Å². The standard InChI is InChI=1S/C15H8BrNO2/c16-11-6-4-9(5-7-11)15(19)12-3-1-2-10-8-13(18)17-14(10)12/h1-8H. The smallest absolute Gasteiger partial charge is 0.270 e. The van der Waals surface area contributed by atoms with E-state index in [0.29, 0.717) is 21.7 Å². The summed E-state index contributed by atoms with van der Waals surface area (Å²) in [5.41, 5.74) is 1.04. The lowest BCUT2D eigenvalue weighted by Gasteiger charge is -2.01. The van der Waals surface area contributed by atoms with Crippen molar-refractivity contribution in [3.8, 4) is 0 Å². The van der Waals surface area contributed by atoms with Gasteiger partial charge in [-0.25, -0.2) is 4.99 Å². The van der Waals surface area contributed by atoms with E-state index in [2.05, 4.69) is 20.9 Å². The zero-order valence-corrected chi connectivity index (χ0v) is 11.3. The van der Waals surface area contributed by atoms with E-state index in [0.717, 1.165) is 4.47 Å². The first kappa shape index (κ1) is 12.0. The fraction of sp³-hybridized carbons (Fsp3) is 0. The summed E-state index contributed by atoms with van der Waals surface area (Å²) in [5, 5.41) is 1.17. The van der Waals surface area contributed by atoms with Gasteiger partial charge in [0, 0.05) is 26.9 Å². The van der Waals surface area contributed by atoms with Crippen LogP contribution in [0.1, 0.15) is 15.9 Å². The average Bonchev–Trinajstić information content (AvgIpc) is 2.78. The number of rotatable bonds is 2. The molecule has 0 saturated heterocycles. The summed E-state index contributed by atoms with van der Waals surface area (Å²) in [6.07, 6.45) is 1.44. The van der Waals surface area contributed by atoms with Gasteiger partial charge in [0.05, 0.1) is 5.36 Å². The quantitative estimate of drug-likeness (QED) is 0.791. The Labute approximate surface area is 117 Å². The van der Waals surface area contributed by atoms with E-state index in [1.54, 1.807) is 30.3 Å². The van der Waals surface area contributed by atoms with Crippen molar-refractivity contribution in [1.29, 1.82) is 0 Å². The van der Waals surface area contributed by atoms with Gasteiger partial charge in [-0.1, -0.05) is 28.1 Å². The number of nitrogens with zero attached hydrogens (tertiary/aromatic N) is 1. The first-order valence-corrected chi connectivity index (χ1v) is 6.48. The van der Waals surface area contributed by atoms with E-state index < -0.39 is 0 Å². The van der Waals surface area contributed by atoms with Gasteiger partial charge in [-0.2, -0.15) is 0 Å². The Bertz CT molecular complexity index is 807. The Morgan fingerprint density at radius 2 is 1.79 bits per heavy atom. The number of carbonyl (C=O) groups is 2. The Kier molecular flexibility index (Phi) is 2.87. The van der Waals surface area contributed by atoms with Gasteiger partial charge in [-0.15, -0.1) is 0 Å². The van der Waals surface area contributed by atoms with Crippen molar-refractivity contribution in [1.82, 2.24) is 0 Å². The van der Waals surface area contributed by atoms with E-state index in [1.807, 2.05) is 12.1 Å². The molecule has 0 unspecified atom stereocenters. The molecular formula is C15H8BrNO2. The monoisotopic (exact) mass is 313 g/mol. The largest absolute Gasteiger partial charge is 0.289 e. The second kappa shape index (κ2) is 4.55. The maximum absolute atomic E-state index is 12.4. The number of para-hydroxylation sites is 1. The lowest BCUT2D eigenvalue weighted by molar-refractivity contribution is -0.112. The van der Waals surface area contributed by atoms with E-state index in [4.69, 9.17) is 0 Å². The fourth-order valence-corrected chi connectivity index (χ4v) is 2.28. The second-order valence-electron chi connectivity index (χ2n) is 4.17. The second-order valence-corrected chi connectivity index (χ2v) is 5.09. The number of amides is 1. The summed E-state index contributed by atoms with van der Waals surface area (Å²) in [6, 6.07) is 12.3. The highest BCUT2D eigenvalue weighted by Gasteiger charge is 2.14. The van der Waals surface area contributed by atoms with Crippen LogP contribution < -0.4 is 10.6 Å². The summed E-state index contributed by atoms with van der Waals surface area (Å²) >= 11 is 3.33. The van der Waals surface area contributed by atoms with E-state index >= 15 is 0 Å². The van der Waals surface area contributed by atoms with Gasteiger partial charge in [0.2, 0.25) is 0 Å². The number of fused-ring (bicyclic) bond motifs is 1. The van der Waals surface area contributed by atoms with E-state index in [1.165, 1.54) is 6.08 Å². The topological polar surface area (TPSA) is 46.5 Å². The lowest BCUT2D eigenvalue weighted by atomic mass is 10.0. The van der Waals surface area contributed by atoms with Crippen LogP contribution in [0.5, 0.6) is 0 Å². The lowest BCUT2D eigenvalue weighted by Crippen LogP contribution is -2.28. The van der Waals surface area contributed by atoms with Gasteiger partial charge in [-0.05, 0) is 30.3 Å². The molecule has 3 rings (SSSR count). The molecule has 0 radical (unpaired) electrons. The summed E-state index contributed by atoms with van der Waals surface area (Å²) < 4.78 is 0.913. The van der Waals surface area contributed by atoms with Crippen LogP contribution in [-0.2, 0) is 4.79 Å². The van der Waals surface area contributed by atoms with E-state index in [9.17, 15) is 9.59 Å². The number of hydrogen-bond acceptors (Lipinski definition) is 2. The van der Waals surface area contributed by atoms with Crippen LogP contribution >= 0.6 is 15.9 Å². The van der Waals surface area contributed by atoms with Crippen molar-refractivity contribution in [3.63, 3.8) is 0 Å². The molecule has 2 aromatic carbocycles. The number of halogens is 1. The maximum atomic E-state index is 12.4. The van der Waals surface area contributed by atoms with Crippen molar-refractivity contribution >= 4 is 33.7 Å². The molecule has 0 N–H and O–H groups in total. The molecule has 92 valence electrons. The molecule has 4 heteroatoms. The Morgan fingerprint density at radius 1 is 1.05 bits per heavy atom. The molecule has 0 aliphatic carbocycles. The molecule has 1 heterocycles. The zero-order chi connectivity index (χ0) is 13.4. The van der Waals surface area contributed by atoms with Gasteiger partial charge < -0.3 is 0 Å². The minimum Gasteiger partial charge on any atom is -0.289 e.